The third-order valence-corrected chi connectivity index (χ3v) is 5.22. The summed E-state index contributed by atoms with van der Waals surface area (Å²) in [6, 6.07) is 4.94. The summed E-state index contributed by atoms with van der Waals surface area (Å²) >= 11 is 13.4. The van der Waals surface area contributed by atoms with Gasteiger partial charge in [-0.3, -0.25) is 4.79 Å². The van der Waals surface area contributed by atoms with Crippen molar-refractivity contribution in [1.82, 2.24) is 19.9 Å². The predicted octanol–water partition coefficient (Wildman–Crippen LogP) is 4.17. The summed E-state index contributed by atoms with van der Waals surface area (Å²) in [4.78, 5) is 28.0. The molecule has 2 aromatic heterocycles. The Hall–Kier alpha value is -1.83. The number of hydrogen-bond donors (Lipinski definition) is 2. The van der Waals surface area contributed by atoms with Gasteiger partial charge in [-0.15, -0.1) is 0 Å². The zero-order chi connectivity index (χ0) is 17.1. The van der Waals surface area contributed by atoms with Crippen molar-refractivity contribution in [2.45, 2.75) is 23.6 Å². The number of anilines is 1. The van der Waals surface area contributed by atoms with Gasteiger partial charge in [-0.1, -0.05) is 41.9 Å². The van der Waals surface area contributed by atoms with Gasteiger partial charge in [0.15, 0.2) is 5.65 Å². The highest BCUT2D eigenvalue weighted by Gasteiger charge is 2.21. The molecule has 1 amide bonds. The Balaban J connectivity index is 1.79. The second kappa shape index (κ2) is 7.38. The van der Waals surface area contributed by atoms with E-state index in [9.17, 15) is 4.79 Å². The second-order valence-corrected chi connectivity index (χ2v) is 6.94. The third-order valence-electron chi connectivity index (χ3n) is 3.29. The second-order valence-electron chi connectivity index (χ2n) is 4.91. The summed E-state index contributed by atoms with van der Waals surface area (Å²) in [5.41, 5.74) is 1.78. The van der Waals surface area contributed by atoms with E-state index in [-0.39, 0.29) is 11.2 Å². The lowest BCUT2D eigenvalue weighted by molar-refractivity contribution is -0.115. The number of nitrogens with one attached hydrogen (secondary N) is 2. The summed E-state index contributed by atoms with van der Waals surface area (Å²) in [7, 11) is 0. The van der Waals surface area contributed by atoms with Gasteiger partial charge in [0, 0.05) is 5.02 Å². The van der Waals surface area contributed by atoms with Crippen molar-refractivity contribution < 1.29 is 4.79 Å². The highest BCUT2D eigenvalue weighted by molar-refractivity contribution is 8.00. The Morgan fingerprint density at radius 3 is 2.96 bits per heavy atom. The standard InChI is InChI=1S/C15H13Cl2N5OS/c1-2-11(14(23)22-10-5-8(16)3-4-9(10)17)24-15-12-13(19-6-18-12)20-7-21-15/h3-7,11H,2H2,1H3,(H,22,23)(H,18,19,20,21)/t11-/m1/s1. The molecule has 24 heavy (non-hydrogen) atoms. The van der Waals surface area contributed by atoms with E-state index in [1.165, 1.54) is 18.1 Å². The van der Waals surface area contributed by atoms with Crippen LogP contribution in [0.3, 0.4) is 0 Å². The molecular weight excluding hydrogens is 369 g/mol. The number of imidazole rings is 1. The number of benzene rings is 1. The van der Waals surface area contributed by atoms with Crippen LogP contribution in [-0.4, -0.2) is 31.1 Å². The first-order valence-corrected chi connectivity index (χ1v) is 8.78. The van der Waals surface area contributed by atoms with E-state index < -0.39 is 0 Å². The highest BCUT2D eigenvalue weighted by Crippen LogP contribution is 2.30. The van der Waals surface area contributed by atoms with Crippen molar-refractivity contribution in [2.24, 2.45) is 0 Å². The first-order valence-electron chi connectivity index (χ1n) is 7.15. The van der Waals surface area contributed by atoms with Crippen molar-refractivity contribution >= 4 is 57.7 Å². The number of amides is 1. The van der Waals surface area contributed by atoms with Crippen LogP contribution in [0.5, 0.6) is 0 Å². The molecule has 3 rings (SSSR count). The van der Waals surface area contributed by atoms with Crippen LogP contribution in [0, 0.1) is 0 Å². The van der Waals surface area contributed by atoms with Crippen LogP contribution in [0.25, 0.3) is 11.2 Å². The average molecular weight is 382 g/mol. The Morgan fingerprint density at radius 2 is 2.17 bits per heavy atom. The van der Waals surface area contributed by atoms with Crippen LogP contribution in [0.2, 0.25) is 10.0 Å². The van der Waals surface area contributed by atoms with E-state index in [1.807, 2.05) is 6.92 Å². The maximum Gasteiger partial charge on any atom is 0.237 e. The number of hydrogen-bond acceptors (Lipinski definition) is 5. The molecule has 0 aliphatic carbocycles. The lowest BCUT2D eigenvalue weighted by Crippen LogP contribution is -2.24. The molecule has 0 bridgehead atoms. The number of halogens is 2. The highest BCUT2D eigenvalue weighted by atomic mass is 35.5. The molecule has 2 N–H and O–H groups in total. The van der Waals surface area contributed by atoms with Crippen LogP contribution in [0.1, 0.15) is 13.3 Å². The minimum Gasteiger partial charge on any atom is -0.341 e. The lowest BCUT2D eigenvalue weighted by Gasteiger charge is -2.15. The number of H-pyrrole nitrogens is 1. The first-order chi connectivity index (χ1) is 11.6. The van der Waals surface area contributed by atoms with Gasteiger partial charge in [0.2, 0.25) is 5.91 Å². The smallest absolute Gasteiger partial charge is 0.237 e. The molecule has 0 unspecified atom stereocenters. The van der Waals surface area contributed by atoms with E-state index in [2.05, 4.69) is 25.3 Å². The maximum absolute atomic E-state index is 12.6. The lowest BCUT2D eigenvalue weighted by atomic mass is 10.2. The summed E-state index contributed by atoms with van der Waals surface area (Å²) in [5.74, 6) is -0.169. The monoisotopic (exact) mass is 381 g/mol. The quantitative estimate of drug-likeness (QED) is 0.511. The molecule has 0 saturated carbocycles. The van der Waals surface area contributed by atoms with Gasteiger partial charge < -0.3 is 10.3 Å². The van der Waals surface area contributed by atoms with Gasteiger partial charge in [0.05, 0.1) is 22.3 Å². The number of fused-ring (bicyclic) bond motifs is 1. The zero-order valence-corrected chi connectivity index (χ0v) is 14.9. The Labute approximate surface area is 152 Å². The first kappa shape index (κ1) is 17.0. The van der Waals surface area contributed by atoms with Gasteiger partial charge in [-0.2, -0.15) is 0 Å². The number of aromatic amines is 1. The minimum absolute atomic E-state index is 0.169. The normalized spacial score (nSPS) is 12.3. The number of carbonyl (C=O) groups is 1. The molecule has 0 fully saturated rings. The Bertz CT molecular complexity index is 885. The Kier molecular flexibility index (Phi) is 5.23. The summed E-state index contributed by atoms with van der Waals surface area (Å²) in [6.07, 6.45) is 3.61. The van der Waals surface area contributed by atoms with Gasteiger partial charge in [-0.05, 0) is 24.6 Å². The van der Waals surface area contributed by atoms with Crippen molar-refractivity contribution in [3.63, 3.8) is 0 Å². The fourth-order valence-corrected chi connectivity index (χ4v) is 3.41. The average Bonchev–Trinajstić information content (AvgIpc) is 3.05. The molecule has 0 radical (unpaired) electrons. The Morgan fingerprint density at radius 1 is 1.33 bits per heavy atom. The predicted molar refractivity (Wildman–Crippen MR) is 96.7 cm³/mol. The number of rotatable bonds is 5. The van der Waals surface area contributed by atoms with Crippen LogP contribution < -0.4 is 5.32 Å². The molecule has 3 aromatic rings. The summed E-state index contributed by atoms with van der Waals surface area (Å²) in [5, 5.41) is 4.09. The summed E-state index contributed by atoms with van der Waals surface area (Å²) in [6.45, 7) is 1.93. The number of thioether (sulfide) groups is 1. The van der Waals surface area contributed by atoms with E-state index in [1.54, 1.807) is 24.5 Å². The molecular formula is C15H13Cl2N5OS. The molecule has 124 valence electrons. The van der Waals surface area contributed by atoms with E-state index in [0.717, 1.165) is 5.52 Å². The minimum atomic E-state index is -0.346. The fraction of sp³-hybridized carbons (Fsp3) is 0.200. The topological polar surface area (TPSA) is 83.6 Å². The van der Waals surface area contributed by atoms with Gasteiger partial charge >= 0.3 is 0 Å². The largest absolute Gasteiger partial charge is 0.341 e. The van der Waals surface area contributed by atoms with Crippen LogP contribution in [-0.2, 0) is 4.79 Å². The van der Waals surface area contributed by atoms with Gasteiger partial charge in [0.25, 0.3) is 0 Å². The molecule has 0 spiro atoms. The molecule has 1 atom stereocenters. The molecule has 1 aromatic carbocycles. The molecule has 0 saturated heterocycles. The van der Waals surface area contributed by atoms with Crippen molar-refractivity contribution in [3.05, 3.63) is 40.9 Å². The molecule has 6 nitrogen and oxygen atoms in total. The maximum atomic E-state index is 12.6. The fourth-order valence-electron chi connectivity index (χ4n) is 2.10. The van der Waals surface area contributed by atoms with Crippen LogP contribution >= 0.6 is 35.0 Å². The number of carbonyl (C=O) groups excluding carboxylic acids is 1. The van der Waals surface area contributed by atoms with Crippen molar-refractivity contribution in [1.29, 1.82) is 0 Å². The SMILES string of the molecule is CC[C@@H](Sc1ncnc2nc[nH]c12)C(=O)Nc1cc(Cl)ccc1Cl. The van der Waals surface area contributed by atoms with Gasteiger partial charge in [0.1, 0.15) is 16.9 Å². The van der Waals surface area contributed by atoms with E-state index >= 15 is 0 Å². The van der Waals surface area contributed by atoms with Crippen LogP contribution in [0.15, 0.2) is 35.9 Å². The van der Waals surface area contributed by atoms with Crippen molar-refractivity contribution in [3.8, 4) is 0 Å². The molecule has 2 heterocycles. The van der Waals surface area contributed by atoms with E-state index in [0.29, 0.717) is 32.8 Å². The van der Waals surface area contributed by atoms with Gasteiger partial charge in [-0.25, -0.2) is 15.0 Å². The number of nitrogens with zero attached hydrogens (tertiary/aromatic N) is 3. The van der Waals surface area contributed by atoms with E-state index in [4.69, 9.17) is 23.2 Å². The van der Waals surface area contributed by atoms with Crippen LogP contribution in [0.4, 0.5) is 5.69 Å². The van der Waals surface area contributed by atoms with Crippen molar-refractivity contribution in [2.75, 3.05) is 5.32 Å². The summed E-state index contributed by atoms with van der Waals surface area (Å²) < 4.78 is 0. The third kappa shape index (κ3) is 3.63. The molecule has 0 aliphatic heterocycles. The molecule has 9 heteroatoms. The molecule has 0 aliphatic rings. The zero-order valence-electron chi connectivity index (χ0n) is 12.6. The number of aromatic nitrogens is 4.